The van der Waals surface area contributed by atoms with Gasteiger partial charge < -0.3 is 10.2 Å². The number of piperidine rings is 1. The Morgan fingerprint density at radius 2 is 1.76 bits per heavy atom. The van der Waals surface area contributed by atoms with Crippen LogP contribution < -0.4 is 5.32 Å². The standard InChI is InChI=1S/C16H25N3O2/c17-9-6-16(21)19-10-7-14(8-11-19)18-15(20)12-13-4-2-1-3-5-13/h13-14H,1-8,10-12H2,(H,18,20). The summed E-state index contributed by atoms with van der Waals surface area (Å²) in [5, 5.41) is 11.7. The van der Waals surface area contributed by atoms with E-state index in [0.717, 1.165) is 12.8 Å². The first kappa shape index (κ1) is 15.8. The van der Waals surface area contributed by atoms with Gasteiger partial charge in [0, 0.05) is 25.6 Å². The zero-order valence-corrected chi connectivity index (χ0v) is 12.6. The van der Waals surface area contributed by atoms with E-state index in [1.54, 1.807) is 4.90 Å². The lowest BCUT2D eigenvalue weighted by Crippen LogP contribution is -2.46. The van der Waals surface area contributed by atoms with Gasteiger partial charge in [0.1, 0.15) is 6.42 Å². The maximum absolute atomic E-state index is 12.1. The maximum atomic E-state index is 12.1. The molecule has 2 amide bonds. The van der Waals surface area contributed by atoms with Gasteiger partial charge in [-0.15, -0.1) is 0 Å². The molecule has 5 nitrogen and oxygen atoms in total. The van der Waals surface area contributed by atoms with E-state index in [9.17, 15) is 9.59 Å². The van der Waals surface area contributed by atoms with Crippen molar-refractivity contribution >= 4 is 11.8 Å². The molecule has 0 bridgehead atoms. The quantitative estimate of drug-likeness (QED) is 0.860. The molecule has 0 radical (unpaired) electrons. The fourth-order valence-corrected chi connectivity index (χ4v) is 3.39. The Kier molecular flexibility index (Phi) is 6.04. The summed E-state index contributed by atoms with van der Waals surface area (Å²) >= 11 is 0. The maximum Gasteiger partial charge on any atom is 0.236 e. The predicted molar refractivity (Wildman–Crippen MR) is 79.2 cm³/mol. The first-order valence-electron chi connectivity index (χ1n) is 8.13. The van der Waals surface area contributed by atoms with Crippen molar-refractivity contribution in [3.05, 3.63) is 0 Å². The molecular weight excluding hydrogens is 266 g/mol. The topological polar surface area (TPSA) is 73.2 Å². The Bertz CT molecular complexity index is 402. The Morgan fingerprint density at radius 1 is 1.10 bits per heavy atom. The van der Waals surface area contributed by atoms with E-state index in [1.165, 1.54) is 32.1 Å². The number of amides is 2. The van der Waals surface area contributed by atoms with Gasteiger partial charge in [0.05, 0.1) is 6.07 Å². The molecule has 0 spiro atoms. The van der Waals surface area contributed by atoms with E-state index >= 15 is 0 Å². The zero-order valence-electron chi connectivity index (χ0n) is 12.6. The Morgan fingerprint density at radius 3 is 2.38 bits per heavy atom. The molecule has 0 aromatic rings. The number of carbonyl (C=O) groups is 2. The monoisotopic (exact) mass is 291 g/mol. The number of likely N-dealkylation sites (tertiary alicyclic amines) is 1. The summed E-state index contributed by atoms with van der Waals surface area (Å²) in [5.74, 6) is 0.643. The molecule has 1 N–H and O–H groups in total. The molecule has 0 aromatic carbocycles. The number of nitriles is 1. The van der Waals surface area contributed by atoms with Crippen LogP contribution in [0.3, 0.4) is 0 Å². The third-order valence-corrected chi connectivity index (χ3v) is 4.64. The van der Waals surface area contributed by atoms with Crippen molar-refractivity contribution in [3.8, 4) is 6.07 Å². The van der Waals surface area contributed by atoms with Crippen LogP contribution in [0.15, 0.2) is 0 Å². The van der Waals surface area contributed by atoms with Crippen LogP contribution in [0.5, 0.6) is 0 Å². The van der Waals surface area contributed by atoms with Gasteiger partial charge in [-0.1, -0.05) is 19.3 Å². The minimum Gasteiger partial charge on any atom is -0.353 e. The molecule has 1 saturated carbocycles. The van der Waals surface area contributed by atoms with Crippen molar-refractivity contribution in [1.82, 2.24) is 10.2 Å². The molecule has 5 heteroatoms. The number of hydrogen-bond donors (Lipinski definition) is 1. The van der Waals surface area contributed by atoms with Gasteiger partial charge in [-0.05, 0) is 31.6 Å². The summed E-state index contributed by atoms with van der Waals surface area (Å²) < 4.78 is 0. The number of nitrogens with zero attached hydrogens (tertiary/aromatic N) is 2. The van der Waals surface area contributed by atoms with Gasteiger partial charge >= 0.3 is 0 Å². The Hall–Kier alpha value is -1.57. The van der Waals surface area contributed by atoms with Gasteiger partial charge in [-0.2, -0.15) is 5.26 Å². The molecule has 2 aliphatic rings. The van der Waals surface area contributed by atoms with Gasteiger partial charge in [0.2, 0.25) is 11.8 Å². The minimum atomic E-state index is -0.0931. The highest BCUT2D eigenvalue weighted by molar-refractivity contribution is 5.78. The molecular formula is C16H25N3O2. The molecule has 2 rings (SSSR count). The van der Waals surface area contributed by atoms with Crippen molar-refractivity contribution in [2.75, 3.05) is 13.1 Å². The van der Waals surface area contributed by atoms with Crippen molar-refractivity contribution in [2.24, 2.45) is 5.92 Å². The van der Waals surface area contributed by atoms with Crippen molar-refractivity contribution in [1.29, 1.82) is 5.26 Å². The highest BCUT2D eigenvalue weighted by Crippen LogP contribution is 2.26. The van der Waals surface area contributed by atoms with E-state index in [4.69, 9.17) is 5.26 Å². The second-order valence-electron chi connectivity index (χ2n) is 6.27. The summed E-state index contributed by atoms with van der Waals surface area (Å²) in [5.41, 5.74) is 0. The van der Waals surface area contributed by atoms with Crippen LogP contribution in [0.2, 0.25) is 0 Å². The highest BCUT2D eigenvalue weighted by Gasteiger charge is 2.24. The van der Waals surface area contributed by atoms with Crippen LogP contribution in [0.4, 0.5) is 0 Å². The molecule has 1 saturated heterocycles. The minimum absolute atomic E-state index is 0.0430. The van der Waals surface area contributed by atoms with Crippen molar-refractivity contribution in [2.45, 2.75) is 63.8 Å². The smallest absolute Gasteiger partial charge is 0.236 e. The van der Waals surface area contributed by atoms with Crippen LogP contribution in [0.25, 0.3) is 0 Å². The van der Waals surface area contributed by atoms with E-state index in [-0.39, 0.29) is 24.3 Å². The fourth-order valence-electron chi connectivity index (χ4n) is 3.39. The molecule has 21 heavy (non-hydrogen) atoms. The van der Waals surface area contributed by atoms with Crippen LogP contribution in [-0.4, -0.2) is 35.8 Å². The number of nitrogens with one attached hydrogen (secondary N) is 1. The molecule has 1 heterocycles. The second-order valence-corrected chi connectivity index (χ2v) is 6.27. The predicted octanol–water partition coefficient (Wildman–Crippen LogP) is 1.98. The molecule has 0 atom stereocenters. The SMILES string of the molecule is N#CCC(=O)N1CCC(NC(=O)CC2CCCCC2)CC1. The fraction of sp³-hybridized carbons (Fsp3) is 0.812. The number of carbonyl (C=O) groups excluding carboxylic acids is 2. The van der Waals surface area contributed by atoms with E-state index in [1.807, 2.05) is 6.07 Å². The normalized spacial score (nSPS) is 20.8. The third-order valence-electron chi connectivity index (χ3n) is 4.64. The van der Waals surface area contributed by atoms with Crippen LogP contribution >= 0.6 is 0 Å². The third kappa shape index (κ3) is 5.04. The Balaban J connectivity index is 1.67. The van der Waals surface area contributed by atoms with E-state index in [0.29, 0.717) is 25.4 Å². The second kappa shape index (κ2) is 8.02. The summed E-state index contributed by atoms with van der Waals surface area (Å²) in [6, 6.07) is 2.08. The zero-order chi connectivity index (χ0) is 15.1. The lowest BCUT2D eigenvalue weighted by molar-refractivity contribution is -0.131. The summed E-state index contributed by atoms with van der Waals surface area (Å²) in [4.78, 5) is 25.4. The van der Waals surface area contributed by atoms with Gasteiger partial charge in [-0.25, -0.2) is 0 Å². The molecule has 1 aliphatic heterocycles. The lowest BCUT2D eigenvalue weighted by Gasteiger charge is -2.32. The Labute approximate surface area is 126 Å². The van der Waals surface area contributed by atoms with E-state index < -0.39 is 0 Å². The van der Waals surface area contributed by atoms with Gasteiger partial charge in [-0.3, -0.25) is 9.59 Å². The lowest BCUT2D eigenvalue weighted by atomic mass is 9.86. The largest absolute Gasteiger partial charge is 0.353 e. The molecule has 0 unspecified atom stereocenters. The average molecular weight is 291 g/mol. The first-order valence-corrected chi connectivity index (χ1v) is 8.13. The summed E-state index contributed by atoms with van der Waals surface area (Å²) in [6.45, 7) is 1.30. The average Bonchev–Trinajstić information content (AvgIpc) is 2.49. The highest BCUT2D eigenvalue weighted by atomic mass is 16.2. The molecule has 1 aliphatic carbocycles. The number of hydrogen-bond acceptors (Lipinski definition) is 3. The van der Waals surface area contributed by atoms with Crippen LogP contribution in [0, 0.1) is 17.2 Å². The molecule has 2 fully saturated rings. The molecule has 116 valence electrons. The van der Waals surface area contributed by atoms with Crippen LogP contribution in [0.1, 0.15) is 57.8 Å². The van der Waals surface area contributed by atoms with Crippen molar-refractivity contribution in [3.63, 3.8) is 0 Å². The number of rotatable bonds is 4. The van der Waals surface area contributed by atoms with E-state index in [2.05, 4.69) is 5.32 Å². The van der Waals surface area contributed by atoms with Crippen LogP contribution in [-0.2, 0) is 9.59 Å². The molecule has 0 aromatic heterocycles. The van der Waals surface area contributed by atoms with Crippen molar-refractivity contribution < 1.29 is 9.59 Å². The summed E-state index contributed by atoms with van der Waals surface area (Å²) in [7, 11) is 0. The summed E-state index contributed by atoms with van der Waals surface area (Å²) in [6.07, 6.45) is 8.43. The first-order chi connectivity index (χ1) is 10.2. The van der Waals surface area contributed by atoms with Gasteiger partial charge in [0.15, 0.2) is 0 Å². The van der Waals surface area contributed by atoms with Gasteiger partial charge in [0.25, 0.3) is 0 Å².